The van der Waals surface area contributed by atoms with Gasteiger partial charge < -0.3 is 21.1 Å². The third-order valence-electron chi connectivity index (χ3n) is 0. The van der Waals surface area contributed by atoms with Crippen LogP contribution in [0.2, 0.25) is 0 Å². The van der Waals surface area contributed by atoms with Crippen molar-refractivity contribution in [1.29, 1.82) is 0 Å². The second-order valence-electron chi connectivity index (χ2n) is 0.495. The minimum absolute atomic E-state index is 0. The molecule has 0 atom stereocenters. The second-order valence-corrected chi connectivity index (χ2v) is 1.48. The number of rotatable bonds is 0. The molecular formula is H2Al2F6Na2. The van der Waals surface area contributed by atoms with Crippen LogP contribution in [-0.2, 0) is 0 Å². The Morgan fingerprint density at radius 3 is 0.500 bits per heavy atom. The van der Waals surface area contributed by atoms with E-state index in [0.717, 1.165) is 0 Å². The second kappa shape index (κ2) is 17.7. The van der Waals surface area contributed by atoms with Crippen LogP contribution in [0.3, 0.4) is 0 Å². The van der Waals surface area contributed by atoms with Crippen molar-refractivity contribution in [3.63, 3.8) is 0 Å². The molecule has 0 nitrogen and oxygen atoms in total. The van der Waals surface area contributed by atoms with Crippen molar-refractivity contribution >= 4 is 90.2 Å². The fraction of sp³-hybridized carbons (Fsp3) is 0. The zero-order chi connectivity index (χ0) is 7.15. The van der Waals surface area contributed by atoms with E-state index in [1.807, 2.05) is 0 Å². The molecule has 0 saturated heterocycles. The van der Waals surface area contributed by atoms with Gasteiger partial charge in [0.2, 0.25) is 0 Å². The molecule has 0 aliphatic heterocycles. The van der Waals surface area contributed by atoms with Crippen molar-refractivity contribution in [1.82, 2.24) is 0 Å². The molecule has 0 saturated carbocycles. The first-order valence-corrected chi connectivity index (χ1v) is 3.93. The van der Waals surface area contributed by atoms with Crippen molar-refractivity contribution in [3.8, 4) is 0 Å². The molecule has 0 radical (unpaired) electrons. The molecule has 10 heavy (non-hydrogen) atoms. The Morgan fingerprint density at radius 2 is 0.500 bits per heavy atom. The van der Waals surface area contributed by atoms with Crippen molar-refractivity contribution < 1.29 is 21.1 Å². The molecule has 0 bridgehead atoms. The molecule has 0 amide bonds. The van der Waals surface area contributed by atoms with E-state index in [9.17, 15) is 21.1 Å². The normalized spacial score (nSPS) is 5.40. The van der Waals surface area contributed by atoms with Gasteiger partial charge in [0, 0.05) is 0 Å². The van der Waals surface area contributed by atoms with Crippen LogP contribution >= 0.6 is 0 Å². The standard InChI is InChI=1S/2Al.6FH.2Na.2H/h;;6*1H;;;;/q2*+3;;;;;;;;;;/p-6. The van der Waals surface area contributed by atoms with Gasteiger partial charge >= 0.3 is 90.2 Å². The van der Waals surface area contributed by atoms with Crippen molar-refractivity contribution in [3.05, 3.63) is 0 Å². The number of hydrogen-bond donors (Lipinski definition) is 0. The van der Waals surface area contributed by atoms with E-state index in [2.05, 4.69) is 0 Å². The third-order valence-corrected chi connectivity index (χ3v) is 0. The topological polar surface area (TPSA) is 0 Å². The third kappa shape index (κ3) is 142. The van der Waals surface area contributed by atoms with E-state index in [4.69, 9.17) is 0 Å². The Labute approximate surface area is 110 Å². The fourth-order valence-electron chi connectivity index (χ4n) is 0. The van der Waals surface area contributed by atoms with Crippen LogP contribution in [0, 0.1) is 0 Å². The van der Waals surface area contributed by atoms with E-state index in [1.54, 1.807) is 0 Å². The van der Waals surface area contributed by atoms with Crippen LogP contribution in [0.4, 0.5) is 21.1 Å². The Hall–Kier alpha value is 2.64. The van der Waals surface area contributed by atoms with Gasteiger partial charge in [0.1, 0.15) is 0 Å². The summed E-state index contributed by atoms with van der Waals surface area (Å²) in [6, 6.07) is 0. The summed E-state index contributed by atoms with van der Waals surface area (Å²) in [4.78, 5) is 0. The monoisotopic (exact) mass is 216 g/mol. The maximum absolute atomic E-state index is 9.81. The molecule has 0 heterocycles. The summed E-state index contributed by atoms with van der Waals surface area (Å²) in [7, 11) is 0. The molecule has 0 aliphatic rings. The first-order valence-electron chi connectivity index (χ1n) is 1.31. The van der Waals surface area contributed by atoms with E-state index in [-0.39, 0.29) is 59.1 Å². The number of halogens is 6. The van der Waals surface area contributed by atoms with E-state index in [0.29, 0.717) is 0 Å². The first-order chi connectivity index (χ1) is 3.46. The zero-order valence-electron chi connectivity index (χ0n) is 3.42. The number of hydrogen-bond acceptors (Lipinski definition) is 0. The molecule has 52 valence electrons. The molecular weight excluding hydrogens is 214 g/mol. The molecule has 0 N–H and O–H groups in total. The van der Waals surface area contributed by atoms with Crippen molar-refractivity contribution in [2.45, 2.75) is 0 Å². The average Bonchev–Trinajstić information content (AvgIpc) is 1.25. The van der Waals surface area contributed by atoms with E-state index < -0.39 is 31.1 Å². The van der Waals surface area contributed by atoms with Crippen LogP contribution in [0.15, 0.2) is 0 Å². The Balaban J connectivity index is -0.0000000300. The minimum atomic E-state index is -4.64. The Kier molecular flexibility index (Phi) is 40.5. The van der Waals surface area contributed by atoms with Gasteiger partial charge in [-0.1, -0.05) is 0 Å². The van der Waals surface area contributed by atoms with Gasteiger partial charge in [0.05, 0.1) is 0 Å². The van der Waals surface area contributed by atoms with Crippen LogP contribution in [0.5, 0.6) is 0 Å². The van der Waals surface area contributed by atoms with Gasteiger partial charge in [-0.25, -0.2) is 0 Å². The molecule has 10 heteroatoms. The molecule has 0 aromatic heterocycles. The summed E-state index contributed by atoms with van der Waals surface area (Å²) in [6.45, 7) is 0. The molecule has 0 rings (SSSR count). The summed E-state index contributed by atoms with van der Waals surface area (Å²) in [5.41, 5.74) is 0. The fourth-order valence-corrected chi connectivity index (χ4v) is 0. The van der Waals surface area contributed by atoms with Crippen LogP contribution in [0.25, 0.3) is 0 Å². The van der Waals surface area contributed by atoms with Crippen LogP contribution in [-0.4, -0.2) is 90.2 Å². The summed E-state index contributed by atoms with van der Waals surface area (Å²) < 4.78 is 58.8. The summed E-state index contributed by atoms with van der Waals surface area (Å²) in [6.07, 6.45) is 0. The van der Waals surface area contributed by atoms with E-state index in [1.165, 1.54) is 0 Å². The molecule has 0 fully saturated rings. The van der Waals surface area contributed by atoms with Crippen LogP contribution < -0.4 is 0 Å². The molecule has 0 spiro atoms. The predicted octanol–water partition coefficient (Wildman–Crippen LogP) is 0.463. The van der Waals surface area contributed by atoms with Gasteiger partial charge in [-0.05, 0) is 0 Å². The van der Waals surface area contributed by atoms with Gasteiger partial charge in [-0.15, -0.1) is 0 Å². The summed E-state index contributed by atoms with van der Waals surface area (Å²) in [5, 5.41) is 0. The Bertz CT molecular complexity index is 29.2. The summed E-state index contributed by atoms with van der Waals surface area (Å²) in [5.74, 6) is 0. The zero-order valence-corrected chi connectivity index (χ0v) is 5.73. The van der Waals surface area contributed by atoms with Gasteiger partial charge in [-0.2, -0.15) is 0 Å². The molecule has 0 aromatic rings. The SMILES string of the molecule is [F][Al]([F])[F].[F][Al]([F])[F].[NaH].[NaH]. The molecule has 0 unspecified atom stereocenters. The quantitative estimate of drug-likeness (QED) is 0.407. The summed E-state index contributed by atoms with van der Waals surface area (Å²) >= 11 is -9.28. The van der Waals surface area contributed by atoms with Gasteiger partial charge in [-0.3, -0.25) is 0 Å². The Morgan fingerprint density at radius 1 is 0.500 bits per heavy atom. The maximum atomic E-state index is 9.81. The van der Waals surface area contributed by atoms with Crippen LogP contribution in [0.1, 0.15) is 0 Å². The van der Waals surface area contributed by atoms with Gasteiger partial charge in [0.15, 0.2) is 0 Å². The van der Waals surface area contributed by atoms with Crippen molar-refractivity contribution in [2.75, 3.05) is 0 Å². The van der Waals surface area contributed by atoms with Crippen molar-refractivity contribution in [2.24, 2.45) is 0 Å². The molecule has 0 aliphatic carbocycles. The van der Waals surface area contributed by atoms with E-state index >= 15 is 0 Å². The average molecular weight is 216 g/mol. The first kappa shape index (κ1) is 22.9. The predicted molar refractivity (Wildman–Crippen MR) is 32.5 cm³/mol. The van der Waals surface area contributed by atoms with Gasteiger partial charge in [0.25, 0.3) is 0 Å². The molecule has 0 aromatic carbocycles.